The second-order valence-electron chi connectivity index (χ2n) is 4.57. The number of hydrogen-bond donors (Lipinski definition) is 1. The summed E-state index contributed by atoms with van der Waals surface area (Å²) in [6.45, 7) is 0. The van der Waals surface area contributed by atoms with E-state index in [0.717, 1.165) is 27.7 Å². The van der Waals surface area contributed by atoms with Crippen LogP contribution in [-0.4, -0.2) is 26.7 Å². The summed E-state index contributed by atoms with van der Waals surface area (Å²) >= 11 is 0. The van der Waals surface area contributed by atoms with E-state index in [0.29, 0.717) is 5.88 Å². The lowest BCUT2D eigenvalue weighted by molar-refractivity contribution is 0.399. The fourth-order valence-corrected chi connectivity index (χ4v) is 2.43. The molecule has 0 aliphatic carbocycles. The van der Waals surface area contributed by atoms with Gasteiger partial charge in [-0.05, 0) is 29.8 Å². The Bertz CT molecular complexity index is 906. The van der Waals surface area contributed by atoms with Crippen molar-refractivity contribution < 1.29 is 4.74 Å². The molecule has 0 saturated heterocycles. The monoisotopic (exact) mass is 264 g/mol. The molecule has 1 N–H and O–H groups in total. The van der Waals surface area contributed by atoms with Crippen LogP contribution in [0.1, 0.15) is 0 Å². The van der Waals surface area contributed by atoms with Crippen molar-refractivity contribution in [3.05, 3.63) is 48.9 Å². The number of H-pyrrole nitrogens is 1. The second-order valence-corrected chi connectivity index (χ2v) is 4.57. The van der Waals surface area contributed by atoms with Crippen molar-refractivity contribution in [3.8, 4) is 17.0 Å². The number of ether oxygens (including phenoxy) is 1. The Hall–Kier alpha value is -2.82. The third-order valence-electron chi connectivity index (χ3n) is 3.43. The van der Waals surface area contributed by atoms with Gasteiger partial charge < -0.3 is 9.72 Å². The Kier molecular flexibility index (Phi) is 2.26. The van der Waals surface area contributed by atoms with Crippen molar-refractivity contribution in [2.45, 2.75) is 0 Å². The second kappa shape index (κ2) is 4.09. The molecule has 0 spiro atoms. The Morgan fingerprint density at radius 1 is 1.20 bits per heavy atom. The predicted molar refractivity (Wildman–Crippen MR) is 76.8 cm³/mol. The van der Waals surface area contributed by atoms with E-state index < -0.39 is 0 Å². The molecule has 4 aromatic heterocycles. The molecule has 0 atom stereocenters. The van der Waals surface area contributed by atoms with E-state index in [9.17, 15) is 0 Å². The molecule has 0 saturated carbocycles. The normalized spacial score (nSPS) is 11.2. The molecular formula is C15H12N4O. The highest BCUT2D eigenvalue weighted by Crippen LogP contribution is 2.29. The van der Waals surface area contributed by atoms with Gasteiger partial charge in [-0.25, -0.2) is 4.52 Å². The van der Waals surface area contributed by atoms with Crippen molar-refractivity contribution in [2.24, 2.45) is 0 Å². The third kappa shape index (κ3) is 1.56. The van der Waals surface area contributed by atoms with Crippen LogP contribution >= 0.6 is 0 Å². The van der Waals surface area contributed by atoms with Gasteiger partial charge in [0.15, 0.2) is 0 Å². The van der Waals surface area contributed by atoms with Crippen LogP contribution < -0.4 is 4.74 Å². The minimum atomic E-state index is 0.608. The van der Waals surface area contributed by atoms with Gasteiger partial charge in [0.2, 0.25) is 5.88 Å². The minimum Gasteiger partial charge on any atom is -0.481 e. The number of hydrogen-bond acceptors (Lipinski definition) is 3. The molecule has 0 radical (unpaired) electrons. The number of nitrogens with zero attached hydrogens (tertiary/aromatic N) is 3. The van der Waals surface area contributed by atoms with Crippen LogP contribution in [0.5, 0.6) is 5.88 Å². The standard InChI is InChI=1S/C15H12N4O/c1-20-14-3-2-12-13(9-16-15(12)18-14)10-5-7-19-11(8-10)4-6-17-19/h2-9H,1H3,(H,16,18). The maximum atomic E-state index is 5.14. The topological polar surface area (TPSA) is 55.2 Å². The third-order valence-corrected chi connectivity index (χ3v) is 3.43. The smallest absolute Gasteiger partial charge is 0.214 e. The zero-order chi connectivity index (χ0) is 13.5. The Labute approximate surface area is 114 Å². The van der Waals surface area contributed by atoms with Crippen molar-refractivity contribution in [1.29, 1.82) is 0 Å². The number of rotatable bonds is 2. The summed E-state index contributed by atoms with van der Waals surface area (Å²) in [5, 5.41) is 5.28. The first-order valence-electron chi connectivity index (χ1n) is 6.31. The van der Waals surface area contributed by atoms with Crippen molar-refractivity contribution in [3.63, 3.8) is 0 Å². The highest BCUT2D eigenvalue weighted by Gasteiger charge is 2.08. The number of methoxy groups -OCH3 is 1. The molecule has 0 unspecified atom stereocenters. The number of nitrogens with one attached hydrogen (secondary N) is 1. The highest BCUT2D eigenvalue weighted by molar-refractivity contribution is 5.94. The molecule has 20 heavy (non-hydrogen) atoms. The molecule has 5 nitrogen and oxygen atoms in total. The highest BCUT2D eigenvalue weighted by atomic mass is 16.5. The van der Waals surface area contributed by atoms with Gasteiger partial charge in [0.25, 0.3) is 0 Å². The first-order chi connectivity index (χ1) is 9.85. The molecule has 0 bridgehead atoms. The van der Waals surface area contributed by atoms with Crippen molar-refractivity contribution in [1.82, 2.24) is 19.6 Å². The lowest BCUT2D eigenvalue weighted by Crippen LogP contribution is -1.87. The van der Waals surface area contributed by atoms with Gasteiger partial charge >= 0.3 is 0 Å². The quantitative estimate of drug-likeness (QED) is 0.605. The van der Waals surface area contributed by atoms with Crippen molar-refractivity contribution >= 4 is 16.6 Å². The molecular weight excluding hydrogens is 252 g/mol. The number of fused-ring (bicyclic) bond motifs is 2. The molecule has 0 aliphatic heterocycles. The van der Waals surface area contributed by atoms with Crippen LogP contribution in [-0.2, 0) is 0 Å². The van der Waals surface area contributed by atoms with Gasteiger partial charge in [0.05, 0.1) is 12.6 Å². The molecule has 5 heteroatoms. The molecule has 0 fully saturated rings. The van der Waals surface area contributed by atoms with E-state index in [-0.39, 0.29) is 0 Å². The SMILES string of the molecule is COc1ccc2c(-c3ccn4nccc4c3)c[nH]c2n1. The summed E-state index contributed by atoms with van der Waals surface area (Å²) in [6, 6.07) is 10.0. The largest absolute Gasteiger partial charge is 0.481 e. The van der Waals surface area contributed by atoms with E-state index in [1.807, 2.05) is 41.2 Å². The van der Waals surface area contributed by atoms with Crippen LogP contribution in [0, 0.1) is 0 Å². The summed E-state index contributed by atoms with van der Waals surface area (Å²) < 4.78 is 6.99. The molecule has 4 heterocycles. The van der Waals surface area contributed by atoms with E-state index in [2.05, 4.69) is 21.1 Å². The van der Waals surface area contributed by atoms with E-state index in [1.54, 1.807) is 13.3 Å². The average molecular weight is 264 g/mol. The van der Waals surface area contributed by atoms with Crippen molar-refractivity contribution in [2.75, 3.05) is 7.11 Å². The summed E-state index contributed by atoms with van der Waals surface area (Å²) in [4.78, 5) is 7.59. The maximum Gasteiger partial charge on any atom is 0.214 e. The zero-order valence-corrected chi connectivity index (χ0v) is 10.9. The van der Waals surface area contributed by atoms with Gasteiger partial charge in [0.1, 0.15) is 5.65 Å². The predicted octanol–water partition coefficient (Wildman–Crippen LogP) is 2.89. The molecule has 0 amide bonds. The maximum absolute atomic E-state index is 5.14. The van der Waals surface area contributed by atoms with Crippen LogP contribution in [0.2, 0.25) is 0 Å². The number of aromatic amines is 1. The molecule has 4 aromatic rings. The van der Waals surface area contributed by atoms with Crippen LogP contribution in [0.25, 0.3) is 27.7 Å². The van der Waals surface area contributed by atoms with Crippen LogP contribution in [0.4, 0.5) is 0 Å². The fraction of sp³-hybridized carbons (Fsp3) is 0.0667. The first-order valence-corrected chi connectivity index (χ1v) is 6.31. The summed E-state index contributed by atoms with van der Waals surface area (Å²) in [7, 11) is 1.62. The van der Waals surface area contributed by atoms with E-state index in [4.69, 9.17) is 4.74 Å². The summed E-state index contributed by atoms with van der Waals surface area (Å²) in [5.41, 5.74) is 4.15. The first kappa shape index (κ1) is 11.0. The molecule has 98 valence electrons. The summed E-state index contributed by atoms with van der Waals surface area (Å²) in [6.07, 6.45) is 5.72. The van der Waals surface area contributed by atoms with E-state index >= 15 is 0 Å². The number of aromatic nitrogens is 4. The molecule has 0 aromatic carbocycles. The van der Waals surface area contributed by atoms with Gasteiger partial charge in [-0.3, -0.25) is 0 Å². The van der Waals surface area contributed by atoms with Gasteiger partial charge in [-0.1, -0.05) is 0 Å². The minimum absolute atomic E-state index is 0.608. The molecule has 4 rings (SSSR count). The van der Waals surface area contributed by atoms with Crippen LogP contribution in [0.15, 0.2) is 48.9 Å². The Balaban J connectivity index is 1.92. The van der Waals surface area contributed by atoms with Gasteiger partial charge in [-0.15, -0.1) is 0 Å². The zero-order valence-electron chi connectivity index (χ0n) is 10.9. The summed E-state index contributed by atoms with van der Waals surface area (Å²) in [5.74, 6) is 0.608. The Morgan fingerprint density at radius 3 is 3.05 bits per heavy atom. The van der Waals surface area contributed by atoms with Gasteiger partial charge in [-0.2, -0.15) is 10.1 Å². The van der Waals surface area contributed by atoms with E-state index in [1.165, 1.54) is 0 Å². The number of pyridine rings is 2. The van der Waals surface area contributed by atoms with Crippen LogP contribution in [0.3, 0.4) is 0 Å². The lowest BCUT2D eigenvalue weighted by atomic mass is 10.1. The molecule has 0 aliphatic rings. The van der Waals surface area contributed by atoms with Gasteiger partial charge in [0, 0.05) is 35.6 Å². The lowest BCUT2D eigenvalue weighted by Gasteiger charge is -2.02. The Morgan fingerprint density at radius 2 is 2.15 bits per heavy atom. The average Bonchev–Trinajstić information content (AvgIpc) is 3.11. The fourth-order valence-electron chi connectivity index (χ4n) is 2.43.